The van der Waals surface area contributed by atoms with Gasteiger partial charge in [0.1, 0.15) is 17.3 Å². The maximum atomic E-state index is 13.1. The van der Waals surface area contributed by atoms with Crippen molar-refractivity contribution in [2.75, 3.05) is 5.73 Å². The quantitative estimate of drug-likeness (QED) is 0.788. The summed E-state index contributed by atoms with van der Waals surface area (Å²) in [7, 11) is 0. The van der Waals surface area contributed by atoms with Gasteiger partial charge in [0.2, 0.25) is 0 Å². The van der Waals surface area contributed by atoms with Crippen LogP contribution in [0.4, 0.5) is 10.1 Å². The van der Waals surface area contributed by atoms with E-state index in [9.17, 15) is 4.39 Å². The summed E-state index contributed by atoms with van der Waals surface area (Å²) in [5.74, 6) is 0.539. The van der Waals surface area contributed by atoms with Gasteiger partial charge in [0.25, 0.3) is 0 Å². The Labute approximate surface area is 92.7 Å². The summed E-state index contributed by atoms with van der Waals surface area (Å²) in [6.07, 6.45) is 1.67. The maximum Gasteiger partial charge on any atom is 0.148 e. The zero-order valence-corrected chi connectivity index (χ0v) is 8.77. The molecule has 0 amide bonds. The predicted octanol–water partition coefficient (Wildman–Crippen LogP) is 2.90. The Morgan fingerprint density at radius 3 is 2.81 bits per heavy atom. The van der Waals surface area contributed by atoms with Crippen LogP contribution in [-0.2, 0) is 0 Å². The smallest absolute Gasteiger partial charge is 0.148 e. The van der Waals surface area contributed by atoms with E-state index in [1.54, 1.807) is 24.4 Å². The first-order valence-electron chi connectivity index (χ1n) is 4.81. The second kappa shape index (κ2) is 4.18. The Kier molecular flexibility index (Phi) is 2.72. The summed E-state index contributed by atoms with van der Waals surface area (Å²) < 4.78 is 18.5. The molecule has 4 heteroatoms. The Bertz CT molecular complexity index is 494. The zero-order chi connectivity index (χ0) is 11.5. The van der Waals surface area contributed by atoms with Gasteiger partial charge in [-0.3, -0.25) is 4.98 Å². The third-order valence-corrected chi connectivity index (χ3v) is 2.08. The highest BCUT2D eigenvalue weighted by atomic mass is 19.1. The topological polar surface area (TPSA) is 48.1 Å². The van der Waals surface area contributed by atoms with Gasteiger partial charge >= 0.3 is 0 Å². The standard InChI is InChI=1S/C12H11FN2O/c1-8-12(3-2-4-15-8)16-11-6-9(13)5-10(14)7-11/h2-7H,14H2,1H3. The van der Waals surface area contributed by atoms with Gasteiger partial charge in [0.05, 0.1) is 5.69 Å². The van der Waals surface area contributed by atoms with Gasteiger partial charge in [-0.05, 0) is 25.1 Å². The minimum absolute atomic E-state index is 0.330. The highest BCUT2D eigenvalue weighted by Crippen LogP contribution is 2.25. The Hall–Kier alpha value is -2.10. The number of aryl methyl sites for hydroxylation is 1. The molecule has 0 saturated carbocycles. The molecule has 82 valence electrons. The lowest BCUT2D eigenvalue weighted by molar-refractivity contribution is 0.470. The second-order valence-corrected chi connectivity index (χ2v) is 3.41. The molecule has 2 N–H and O–H groups in total. The molecule has 0 aliphatic heterocycles. The summed E-state index contributed by atoms with van der Waals surface area (Å²) in [5, 5.41) is 0. The van der Waals surface area contributed by atoms with Crippen LogP contribution in [0.2, 0.25) is 0 Å². The molecule has 0 fully saturated rings. The van der Waals surface area contributed by atoms with E-state index >= 15 is 0 Å². The number of pyridine rings is 1. The molecular weight excluding hydrogens is 207 g/mol. The summed E-state index contributed by atoms with van der Waals surface area (Å²) in [5.41, 5.74) is 6.59. The fourth-order valence-corrected chi connectivity index (χ4v) is 1.35. The molecule has 0 unspecified atom stereocenters. The lowest BCUT2D eigenvalue weighted by Crippen LogP contribution is -1.92. The van der Waals surface area contributed by atoms with E-state index < -0.39 is 5.82 Å². The van der Waals surface area contributed by atoms with E-state index in [1.807, 2.05) is 6.92 Å². The van der Waals surface area contributed by atoms with Crippen LogP contribution in [0.25, 0.3) is 0 Å². The van der Waals surface area contributed by atoms with Crippen LogP contribution < -0.4 is 10.5 Å². The number of hydrogen-bond acceptors (Lipinski definition) is 3. The third-order valence-electron chi connectivity index (χ3n) is 2.08. The molecule has 0 atom stereocenters. The fourth-order valence-electron chi connectivity index (χ4n) is 1.35. The van der Waals surface area contributed by atoms with Crippen molar-refractivity contribution in [3.05, 3.63) is 48.0 Å². The molecule has 0 spiro atoms. The first-order chi connectivity index (χ1) is 7.65. The Morgan fingerprint density at radius 1 is 1.31 bits per heavy atom. The second-order valence-electron chi connectivity index (χ2n) is 3.41. The van der Waals surface area contributed by atoms with E-state index in [0.29, 0.717) is 17.2 Å². The molecule has 1 aromatic heterocycles. The van der Waals surface area contributed by atoms with Gasteiger partial charge in [0.15, 0.2) is 0 Å². The van der Waals surface area contributed by atoms with Gasteiger partial charge in [-0.1, -0.05) is 0 Å². The van der Waals surface area contributed by atoms with Crippen LogP contribution in [0, 0.1) is 12.7 Å². The number of nitrogens with zero attached hydrogens (tertiary/aromatic N) is 1. The highest BCUT2D eigenvalue weighted by Gasteiger charge is 2.03. The van der Waals surface area contributed by atoms with Crippen molar-refractivity contribution in [1.82, 2.24) is 4.98 Å². The number of ether oxygens (including phenoxy) is 1. The zero-order valence-electron chi connectivity index (χ0n) is 8.77. The van der Waals surface area contributed by atoms with Crippen LogP contribution >= 0.6 is 0 Å². The molecule has 1 aromatic carbocycles. The SMILES string of the molecule is Cc1ncccc1Oc1cc(N)cc(F)c1. The first kappa shape index (κ1) is 10.4. The highest BCUT2D eigenvalue weighted by molar-refractivity contribution is 5.46. The van der Waals surface area contributed by atoms with Crippen LogP contribution in [0.15, 0.2) is 36.5 Å². The fraction of sp³-hybridized carbons (Fsp3) is 0.0833. The molecule has 0 radical (unpaired) electrons. The number of hydrogen-bond donors (Lipinski definition) is 1. The summed E-state index contributed by atoms with van der Waals surface area (Å²) >= 11 is 0. The van der Waals surface area contributed by atoms with E-state index in [1.165, 1.54) is 12.1 Å². The number of halogens is 1. The predicted molar refractivity (Wildman–Crippen MR) is 59.9 cm³/mol. The number of nitrogens with two attached hydrogens (primary N) is 1. The largest absolute Gasteiger partial charge is 0.455 e. The van der Waals surface area contributed by atoms with Crippen molar-refractivity contribution in [2.24, 2.45) is 0 Å². The number of benzene rings is 1. The number of nitrogen functional groups attached to an aromatic ring is 1. The van der Waals surface area contributed by atoms with Crippen molar-refractivity contribution in [1.29, 1.82) is 0 Å². The van der Waals surface area contributed by atoms with Crippen molar-refractivity contribution in [3.63, 3.8) is 0 Å². The van der Waals surface area contributed by atoms with Crippen LogP contribution in [0.1, 0.15) is 5.69 Å². The molecule has 2 rings (SSSR count). The van der Waals surface area contributed by atoms with E-state index in [4.69, 9.17) is 10.5 Å². The molecule has 0 bridgehead atoms. The van der Waals surface area contributed by atoms with E-state index in [2.05, 4.69) is 4.98 Å². The third kappa shape index (κ3) is 2.28. The lowest BCUT2D eigenvalue weighted by Gasteiger charge is -2.08. The molecule has 3 nitrogen and oxygen atoms in total. The summed E-state index contributed by atoms with van der Waals surface area (Å²) in [4.78, 5) is 4.07. The van der Waals surface area contributed by atoms with Gasteiger partial charge in [-0.2, -0.15) is 0 Å². The van der Waals surface area contributed by atoms with Crippen molar-refractivity contribution in [3.8, 4) is 11.5 Å². The minimum atomic E-state index is -0.420. The Balaban J connectivity index is 2.30. The molecule has 16 heavy (non-hydrogen) atoms. The van der Waals surface area contributed by atoms with Crippen molar-refractivity contribution >= 4 is 5.69 Å². The molecule has 0 aliphatic rings. The van der Waals surface area contributed by atoms with E-state index in [0.717, 1.165) is 5.69 Å². The summed E-state index contributed by atoms with van der Waals surface area (Å²) in [6.45, 7) is 1.82. The number of rotatable bonds is 2. The van der Waals surface area contributed by atoms with Gasteiger partial charge < -0.3 is 10.5 Å². The molecule has 1 heterocycles. The van der Waals surface area contributed by atoms with Gasteiger partial charge in [-0.15, -0.1) is 0 Å². The van der Waals surface area contributed by atoms with Crippen LogP contribution in [-0.4, -0.2) is 4.98 Å². The van der Waals surface area contributed by atoms with E-state index in [-0.39, 0.29) is 0 Å². The molecule has 0 aliphatic carbocycles. The average Bonchev–Trinajstić information content (AvgIpc) is 2.20. The lowest BCUT2D eigenvalue weighted by atomic mass is 10.3. The van der Waals surface area contributed by atoms with Crippen LogP contribution in [0.5, 0.6) is 11.5 Å². The van der Waals surface area contributed by atoms with Crippen molar-refractivity contribution < 1.29 is 9.13 Å². The number of aromatic nitrogens is 1. The minimum Gasteiger partial charge on any atom is -0.455 e. The molecular formula is C12H11FN2O. The Morgan fingerprint density at radius 2 is 2.12 bits per heavy atom. The monoisotopic (exact) mass is 218 g/mol. The number of anilines is 1. The van der Waals surface area contributed by atoms with Gasteiger partial charge in [-0.25, -0.2) is 4.39 Å². The summed E-state index contributed by atoms with van der Waals surface area (Å²) in [6, 6.07) is 7.61. The van der Waals surface area contributed by atoms with Crippen LogP contribution in [0.3, 0.4) is 0 Å². The normalized spacial score (nSPS) is 10.1. The van der Waals surface area contributed by atoms with Crippen molar-refractivity contribution in [2.45, 2.75) is 6.92 Å². The van der Waals surface area contributed by atoms with Gasteiger partial charge in [0, 0.05) is 24.0 Å². The average molecular weight is 218 g/mol. The first-order valence-corrected chi connectivity index (χ1v) is 4.81. The molecule has 0 saturated heterocycles. The molecule has 2 aromatic rings. The maximum absolute atomic E-state index is 13.1.